The van der Waals surface area contributed by atoms with E-state index in [4.69, 9.17) is 0 Å². The van der Waals surface area contributed by atoms with Gasteiger partial charge in [-0.2, -0.15) is 0 Å². The van der Waals surface area contributed by atoms with Gasteiger partial charge in [-0.1, -0.05) is 19.1 Å². The molecule has 1 N–H and O–H groups in total. The van der Waals surface area contributed by atoms with Crippen molar-refractivity contribution >= 4 is 27.5 Å². The molecular weight excluding hydrogens is 368 g/mol. The second kappa shape index (κ2) is 8.31. The number of amides is 1. The van der Waals surface area contributed by atoms with Crippen LogP contribution in [-0.2, 0) is 14.6 Å². The van der Waals surface area contributed by atoms with Crippen molar-refractivity contribution < 1.29 is 13.2 Å². The Morgan fingerprint density at radius 2 is 2.00 bits per heavy atom. The molecule has 1 aromatic carbocycles. The quantitative estimate of drug-likeness (QED) is 0.749. The molecule has 0 saturated carbocycles. The van der Waals surface area contributed by atoms with E-state index in [1.165, 1.54) is 11.8 Å². The summed E-state index contributed by atoms with van der Waals surface area (Å²) in [6.07, 6.45) is 3.72. The summed E-state index contributed by atoms with van der Waals surface area (Å²) in [5.41, 5.74) is 0. The van der Waals surface area contributed by atoms with Crippen molar-refractivity contribution in [1.82, 2.24) is 10.2 Å². The molecule has 2 heterocycles. The second-order valence-electron chi connectivity index (χ2n) is 7.15. The number of rotatable bonds is 6. The average molecular weight is 397 g/mol. The molecule has 1 aromatic rings. The van der Waals surface area contributed by atoms with Gasteiger partial charge in [-0.15, -0.1) is 11.8 Å². The highest BCUT2D eigenvalue weighted by Gasteiger charge is 2.39. The lowest BCUT2D eigenvalue weighted by Crippen LogP contribution is -2.45. The molecule has 144 valence electrons. The van der Waals surface area contributed by atoms with Gasteiger partial charge in [-0.25, -0.2) is 8.42 Å². The molecule has 3 atom stereocenters. The number of sulfone groups is 1. The van der Waals surface area contributed by atoms with Crippen LogP contribution in [0.3, 0.4) is 0 Å². The number of carbonyl (C=O) groups excluding carboxylic acids is 1. The van der Waals surface area contributed by atoms with Crippen LogP contribution < -0.4 is 5.32 Å². The summed E-state index contributed by atoms with van der Waals surface area (Å²) in [5.74, 6) is 0.267. The van der Waals surface area contributed by atoms with Gasteiger partial charge in [0.2, 0.25) is 5.91 Å². The third-order valence-corrected chi connectivity index (χ3v) is 8.48. The maximum atomic E-state index is 13.1. The van der Waals surface area contributed by atoms with Crippen LogP contribution in [0.4, 0.5) is 0 Å². The molecule has 2 saturated heterocycles. The smallest absolute Gasteiger partial charge is 0.236 e. The molecule has 0 radical (unpaired) electrons. The lowest BCUT2D eigenvalue weighted by atomic mass is 10.1. The number of fused-ring (bicyclic) bond motifs is 2. The van der Waals surface area contributed by atoms with Crippen molar-refractivity contribution in [3.8, 4) is 0 Å². The number of nitrogens with one attached hydrogen (secondary N) is 1. The van der Waals surface area contributed by atoms with Crippen LogP contribution in [0.15, 0.2) is 34.1 Å². The van der Waals surface area contributed by atoms with Crippen LogP contribution >= 0.6 is 11.8 Å². The zero-order chi connectivity index (χ0) is 18.7. The van der Waals surface area contributed by atoms with E-state index in [9.17, 15) is 13.2 Å². The first kappa shape index (κ1) is 19.7. The third-order valence-electron chi connectivity index (χ3n) is 5.22. The molecule has 2 bridgehead atoms. The van der Waals surface area contributed by atoms with Crippen LogP contribution in [-0.4, -0.2) is 55.4 Å². The van der Waals surface area contributed by atoms with Crippen molar-refractivity contribution in [1.29, 1.82) is 0 Å². The Morgan fingerprint density at radius 3 is 2.77 bits per heavy atom. The van der Waals surface area contributed by atoms with E-state index in [1.807, 2.05) is 26.0 Å². The summed E-state index contributed by atoms with van der Waals surface area (Å²) in [7, 11) is -3.31. The SMILES string of the molecule is CCCS(=O)(=O)c1ccccc1SC(C)C(=O)N1C2CCNCC1CC2. The Morgan fingerprint density at radius 1 is 1.27 bits per heavy atom. The maximum absolute atomic E-state index is 13.1. The minimum atomic E-state index is -3.31. The zero-order valence-electron chi connectivity index (χ0n) is 15.5. The highest BCUT2D eigenvalue weighted by atomic mass is 32.2. The van der Waals surface area contributed by atoms with E-state index < -0.39 is 9.84 Å². The Labute approximate surface area is 160 Å². The number of hydrogen-bond acceptors (Lipinski definition) is 5. The first-order valence-electron chi connectivity index (χ1n) is 9.45. The van der Waals surface area contributed by atoms with Crippen LogP contribution in [0.25, 0.3) is 0 Å². The first-order valence-corrected chi connectivity index (χ1v) is 12.0. The first-order chi connectivity index (χ1) is 12.4. The monoisotopic (exact) mass is 396 g/mol. The van der Waals surface area contributed by atoms with Gasteiger partial charge in [0, 0.05) is 23.5 Å². The second-order valence-corrected chi connectivity index (χ2v) is 10.6. The Kier molecular flexibility index (Phi) is 6.30. The molecule has 5 nitrogen and oxygen atoms in total. The number of carbonyl (C=O) groups is 1. The minimum absolute atomic E-state index is 0.133. The van der Waals surface area contributed by atoms with Crippen LogP contribution in [0, 0.1) is 0 Å². The topological polar surface area (TPSA) is 66.5 Å². The number of benzene rings is 1. The predicted molar refractivity (Wildman–Crippen MR) is 105 cm³/mol. The molecule has 1 amide bonds. The van der Waals surface area contributed by atoms with Crippen molar-refractivity contribution in [3.05, 3.63) is 24.3 Å². The van der Waals surface area contributed by atoms with Gasteiger partial charge in [-0.3, -0.25) is 4.79 Å². The number of thioether (sulfide) groups is 1. The molecule has 2 fully saturated rings. The standard InChI is InChI=1S/C19H28N2O3S2/c1-3-12-26(23,24)18-7-5-4-6-17(18)25-14(2)19(22)21-15-8-9-16(21)13-20-11-10-15/h4-7,14-16,20H,3,8-13H2,1-2H3. The van der Waals surface area contributed by atoms with Crippen molar-refractivity contribution in [3.63, 3.8) is 0 Å². The summed E-state index contributed by atoms with van der Waals surface area (Å²) in [4.78, 5) is 16.2. The molecule has 3 rings (SSSR count). The van der Waals surface area contributed by atoms with Gasteiger partial charge in [0.15, 0.2) is 9.84 Å². The summed E-state index contributed by atoms with van der Waals surface area (Å²) < 4.78 is 25.1. The van der Waals surface area contributed by atoms with E-state index in [0.717, 1.165) is 32.4 Å². The normalized spacial score (nSPS) is 24.3. The van der Waals surface area contributed by atoms with Gasteiger partial charge in [0.1, 0.15) is 0 Å². The molecular formula is C19H28N2O3S2. The number of nitrogens with zero attached hydrogens (tertiary/aromatic N) is 1. The van der Waals surface area contributed by atoms with Gasteiger partial charge in [0.25, 0.3) is 0 Å². The third kappa shape index (κ3) is 4.10. The minimum Gasteiger partial charge on any atom is -0.334 e. The molecule has 2 aliphatic rings. The number of hydrogen-bond donors (Lipinski definition) is 1. The van der Waals surface area contributed by atoms with Gasteiger partial charge in [0.05, 0.1) is 15.9 Å². The van der Waals surface area contributed by atoms with E-state index in [1.54, 1.807) is 12.1 Å². The van der Waals surface area contributed by atoms with Crippen LogP contribution in [0.5, 0.6) is 0 Å². The van der Waals surface area contributed by atoms with Crippen LogP contribution in [0.2, 0.25) is 0 Å². The summed E-state index contributed by atoms with van der Waals surface area (Å²) in [6, 6.07) is 7.66. The van der Waals surface area contributed by atoms with Crippen LogP contribution in [0.1, 0.15) is 39.5 Å². The Hall–Kier alpha value is -1.05. The summed E-state index contributed by atoms with van der Waals surface area (Å²) in [6.45, 7) is 5.59. The fourth-order valence-electron chi connectivity index (χ4n) is 3.98. The Bertz CT molecular complexity index is 737. The summed E-state index contributed by atoms with van der Waals surface area (Å²) in [5, 5.41) is 3.12. The lowest BCUT2D eigenvalue weighted by molar-refractivity contribution is -0.132. The Balaban J connectivity index is 1.78. The summed E-state index contributed by atoms with van der Waals surface area (Å²) >= 11 is 1.37. The fraction of sp³-hybridized carbons (Fsp3) is 0.632. The molecule has 0 spiro atoms. The molecule has 0 aliphatic carbocycles. The predicted octanol–water partition coefficient (Wildman–Crippen LogP) is 2.70. The van der Waals surface area contributed by atoms with Crippen molar-refractivity contribution in [2.75, 3.05) is 18.8 Å². The maximum Gasteiger partial charge on any atom is 0.236 e. The molecule has 0 aromatic heterocycles. The van der Waals surface area contributed by atoms with Gasteiger partial charge < -0.3 is 10.2 Å². The molecule has 2 aliphatic heterocycles. The van der Waals surface area contributed by atoms with Crippen molar-refractivity contribution in [2.24, 2.45) is 0 Å². The van der Waals surface area contributed by atoms with E-state index in [0.29, 0.717) is 22.3 Å². The highest BCUT2D eigenvalue weighted by Crippen LogP contribution is 2.35. The van der Waals surface area contributed by atoms with Crippen molar-refractivity contribution in [2.45, 2.75) is 66.7 Å². The molecule has 26 heavy (non-hydrogen) atoms. The lowest BCUT2D eigenvalue weighted by Gasteiger charge is -2.30. The van der Waals surface area contributed by atoms with Gasteiger partial charge in [-0.05, 0) is 51.3 Å². The fourth-order valence-corrected chi connectivity index (χ4v) is 6.86. The van der Waals surface area contributed by atoms with E-state index in [2.05, 4.69) is 10.2 Å². The average Bonchev–Trinajstić information content (AvgIpc) is 2.87. The van der Waals surface area contributed by atoms with Gasteiger partial charge >= 0.3 is 0 Å². The van der Waals surface area contributed by atoms with E-state index >= 15 is 0 Å². The van der Waals surface area contributed by atoms with E-state index in [-0.39, 0.29) is 23.0 Å². The largest absolute Gasteiger partial charge is 0.334 e. The zero-order valence-corrected chi connectivity index (χ0v) is 17.1. The molecule has 3 unspecified atom stereocenters. The molecule has 7 heteroatoms. The highest BCUT2D eigenvalue weighted by molar-refractivity contribution is 8.01.